The number of alkyl halides is 3. The van der Waals surface area contributed by atoms with Crippen LogP contribution in [0.4, 0.5) is 13.2 Å². The summed E-state index contributed by atoms with van der Waals surface area (Å²) >= 11 is 0. The molecule has 0 spiro atoms. The first-order valence-electron chi connectivity index (χ1n) is 8.62. The van der Waals surface area contributed by atoms with Crippen molar-refractivity contribution < 1.29 is 18.0 Å². The lowest BCUT2D eigenvalue weighted by atomic mass is 9.95. The second kappa shape index (κ2) is 10.1. The molecule has 3 N–H and O–H groups in total. The smallest absolute Gasteiger partial charge is 0.370 e. The van der Waals surface area contributed by atoms with Gasteiger partial charge in [0.2, 0.25) is 5.91 Å². The standard InChI is InChI=1S/C16H25F3N6O.HI/c1-3-21-15(25-6-4-5-11(9-25)7-13(20)26)22-8-12-10-24(2)23-14(12)16(17,18)19;/h10-11H,3-9H2,1-2H3,(H2,20,26)(H,21,22);1H. The van der Waals surface area contributed by atoms with Gasteiger partial charge >= 0.3 is 6.18 Å². The molecule has 1 fully saturated rings. The topological polar surface area (TPSA) is 88.5 Å². The van der Waals surface area contributed by atoms with Crippen LogP contribution in [0.3, 0.4) is 0 Å². The predicted molar refractivity (Wildman–Crippen MR) is 107 cm³/mol. The summed E-state index contributed by atoms with van der Waals surface area (Å²) in [5.41, 5.74) is 4.40. The summed E-state index contributed by atoms with van der Waals surface area (Å²) in [6.07, 6.45) is -1.09. The highest BCUT2D eigenvalue weighted by Gasteiger charge is 2.36. The summed E-state index contributed by atoms with van der Waals surface area (Å²) in [5, 5.41) is 6.61. The summed E-state index contributed by atoms with van der Waals surface area (Å²) in [6.45, 7) is 3.71. The van der Waals surface area contributed by atoms with E-state index in [4.69, 9.17) is 5.73 Å². The van der Waals surface area contributed by atoms with Crippen LogP contribution >= 0.6 is 24.0 Å². The molecule has 1 aliphatic rings. The Hall–Kier alpha value is -1.53. The molecule has 0 radical (unpaired) electrons. The van der Waals surface area contributed by atoms with Gasteiger partial charge in [0.25, 0.3) is 0 Å². The lowest BCUT2D eigenvalue weighted by molar-refractivity contribution is -0.142. The molecule has 1 amide bonds. The second-order valence-electron chi connectivity index (χ2n) is 6.47. The molecule has 1 saturated heterocycles. The number of nitrogens with zero attached hydrogens (tertiary/aromatic N) is 4. The van der Waals surface area contributed by atoms with Gasteiger partial charge in [-0.25, -0.2) is 4.99 Å². The fraction of sp³-hybridized carbons (Fsp3) is 0.688. The van der Waals surface area contributed by atoms with Crippen LogP contribution in [-0.4, -0.2) is 46.2 Å². The van der Waals surface area contributed by atoms with Crippen LogP contribution in [0, 0.1) is 5.92 Å². The predicted octanol–water partition coefficient (Wildman–Crippen LogP) is 2.11. The van der Waals surface area contributed by atoms with Crippen molar-refractivity contribution in [2.75, 3.05) is 19.6 Å². The number of nitrogens with two attached hydrogens (primary N) is 1. The number of rotatable bonds is 5. The molecule has 2 heterocycles. The summed E-state index contributed by atoms with van der Waals surface area (Å²) in [7, 11) is 1.45. The fourth-order valence-electron chi connectivity index (χ4n) is 3.19. The van der Waals surface area contributed by atoms with E-state index in [0.29, 0.717) is 25.5 Å². The number of primary amides is 1. The number of nitrogens with one attached hydrogen (secondary N) is 1. The molecule has 1 aromatic heterocycles. The first kappa shape index (κ1) is 23.5. The zero-order valence-corrected chi connectivity index (χ0v) is 17.8. The maximum atomic E-state index is 13.1. The van der Waals surface area contributed by atoms with E-state index in [2.05, 4.69) is 15.4 Å². The largest absolute Gasteiger partial charge is 0.435 e. The van der Waals surface area contributed by atoms with E-state index in [1.165, 1.54) is 13.2 Å². The number of likely N-dealkylation sites (tertiary alicyclic amines) is 1. The van der Waals surface area contributed by atoms with E-state index >= 15 is 0 Å². The number of hydrogen-bond acceptors (Lipinski definition) is 3. The quantitative estimate of drug-likeness (QED) is 0.367. The Morgan fingerprint density at radius 3 is 2.78 bits per heavy atom. The normalized spacial score (nSPS) is 18.2. The van der Waals surface area contributed by atoms with Crippen molar-refractivity contribution in [3.63, 3.8) is 0 Å². The molecule has 0 aliphatic carbocycles. The van der Waals surface area contributed by atoms with Crippen molar-refractivity contribution in [3.05, 3.63) is 17.5 Å². The van der Waals surface area contributed by atoms with Crippen LogP contribution in [0.25, 0.3) is 0 Å². The van der Waals surface area contributed by atoms with Gasteiger partial charge in [-0.05, 0) is 25.7 Å². The summed E-state index contributed by atoms with van der Waals surface area (Å²) in [5.74, 6) is 0.330. The number of amides is 1. The zero-order valence-electron chi connectivity index (χ0n) is 15.4. The molecular weight excluding hydrogens is 476 g/mol. The first-order valence-corrected chi connectivity index (χ1v) is 8.62. The Morgan fingerprint density at radius 2 is 2.19 bits per heavy atom. The van der Waals surface area contributed by atoms with Crippen LogP contribution in [0.15, 0.2) is 11.2 Å². The number of hydrogen-bond donors (Lipinski definition) is 2. The SMILES string of the molecule is CCNC(=NCc1cn(C)nc1C(F)(F)F)N1CCCC(CC(N)=O)C1.I. The van der Waals surface area contributed by atoms with Gasteiger partial charge in [-0.2, -0.15) is 18.3 Å². The third-order valence-electron chi connectivity index (χ3n) is 4.22. The minimum atomic E-state index is -4.51. The molecule has 11 heteroatoms. The molecule has 1 aromatic rings. The number of carbonyl (C=O) groups excluding carboxylic acids is 1. The number of halogens is 4. The Balaban J connectivity index is 0.00000364. The van der Waals surface area contributed by atoms with Gasteiger partial charge in [0.05, 0.1) is 6.54 Å². The van der Waals surface area contributed by atoms with Crippen molar-refractivity contribution in [1.82, 2.24) is 20.0 Å². The van der Waals surface area contributed by atoms with E-state index in [9.17, 15) is 18.0 Å². The highest BCUT2D eigenvalue weighted by atomic mass is 127. The van der Waals surface area contributed by atoms with Gasteiger partial charge in [-0.1, -0.05) is 0 Å². The van der Waals surface area contributed by atoms with Crippen molar-refractivity contribution in [2.24, 2.45) is 23.7 Å². The molecule has 2 rings (SSSR count). The third-order valence-corrected chi connectivity index (χ3v) is 4.22. The van der Waals surface area contributed by atoms with E-state index in [0.717, 1.165) is 24.1 Å². The minimum Gasteiger partial charge on any atom is -0.370 e. The Morgan fingerprint density at radius 1 is 1.48 bits per heavy atom. The molecule has 27 heavy (non-hydrogen) atoms. The third kappa shape index (κ3) is 6.85. The molecular formula is C16H26F3IN6O. The highest BCUT2D eigenvalue weighted by molar-refractivity contribution is 14.0. The number of aromatic nitrogens is 2. The average molecular weight is 502 g/mol. The molecule has 1 aliphatic heterocycles. The molecule has 1 atom stereocenters. The fourth-order valence-corrected chi connectivity index (χ4v) is 3.19. The number of aliphatic imine (C=N–C) groups is 1. The number of aryl methyl sites for hydroxylation is 1. The van der Waals surface area contributed by atoms with Gasteiger partial charge in [0.1, 0.15) is 0 Å². The van der Waals surface area contributed by atoms with Crippen molar-refractivity contribution >= 4 is 35.8 Å². The second-order valence-corrected chi connectivity index (χ2v) is 6.47. The number of carbonyl (C=O) groups is 1. The van der Waals surface area contributed by atoms with Gasteiger partial charge in [-0.3, -0.25) is 9.48 Å². The van der Waals surface area contributed by atoms with Gasteiger partial charge in [0.15, 0.2) is 11.7 Å². The van der Waals surface area contributed by atoms with Crippen LogP contribution in [0.2, 0.25) is 0 Å². The minimum absolute atomic E-state index is 0. The van der Waals surface area contributed by atoms with Gasteiger partial charge in [-0.15, -0.1) is 24.0 Å². The summed E-state index contributed by atoms with van der Waals surface area (Å²) in [6, 6.07) is 0. The number of guanidine groups is 1. The molecule has 1 unspecified atom stereocenters. The van der Waals surface area contributed by atoms with Crippen molar-refractivity contribution in [1.29, 1.82) is 0 Å². The monoisotopic (exact) mass is 502 g/mol. The van der Waals surface area contributed by atoms with Crippen LogP contribution in [0.1, 0.15) is 37.4 Å². The highest BCUT2D eigenvalue weighted by Crippen LogP contribution is 2.31. The van der Waals surface area contributed by atoms with E-state index in [1.54, 1.807) is 0 Å². The van der Waals surface area contributed by atoms with Gasteiger partial charge in [0, 0.05) is 44.9 Å². The molecule has 0 aromatic carbocycles. The van der Waals surface area contributed by atoms with Gasteiger partial charge < -0.3 is 16.0 Å². The van der Waals surface area contributed by atoms with Crippen molar-refractivity contribution in [2.45, 2.75) is 38.9 Å². The Labute approximate surface area is 173 Å². The Kier molecular flexibility index (Phi) is 8.82. The van der Waals surface area contributed by atoms with Crippen LogP contribution < -0.4 is 11.1 Å². The zero-order chi connectivity index (χ0) is 19.3. The average Bonchev–Trinajstić information content (AvgIpc) is 2.92. The molecule has 154 valence electrons. The lowest BCUT2D eigenvalue weighted by Gasteiger charge is -2.34. The maximum Gasteiger partial charge on any atom is 0.435 e. The lowest BCUT2D eigenvalue weighted by Crippen LogP contribution is -2.47. The van der Waals surface area contributed by atoms with E-state index in [-0.39, 0.29) is 47.9 Å². The van der Waals surface area contributed by atoms with Crippen LogP contribution in [-0.2, 0) is 24.6 Å². The summed E-state index contributed by atoms with van der Waals surface area (Å²) < 4.78 is 40.3. The number of piperidine rings is 1. The first-order chi connectivity index (χ1) is 12.2. The Bertz CT molecular complexity index is 661. The summed E-state index contributed by atoms with van der Waals surface area (Å²) in [4.78, 5) is 17.5. The molecule has 0 bridgehead atoms. The van der Waals surface area contributed by atoms with Crippen LogP contribution in [0.5, 0.6) is 0 Å². The molecule has 0 saturated carbocycles. The van der Waals surface area contributed by atoms with E-state index < -0.39 is 11.9 Å². The maximum absolute atomic E-state index is 13.1. The van der Waals surface area contributed by atoms with Crippen molar-refractivity contribution in [3.8, 4) is 0 Å². The molecule has 7 nitrogen and oxygen atoms in total. The van der Waals surface area contributed by atoms with E-state index in [1.807, 2.05) is 11.8 Å².